The minimum atomic E-state index is -0.293. The molecule has 0 fully saturated rings. The van der Waals surface area contributed by atoms with Crippen LogP contribution >= 0.6 is 0 Å². The maximum atomic E-state index is 13.0. The van der Waals surface area contributed by atoms with Gasteiger partial charge in [0.25, 0.3) is 5.91 Å². The lowest BCUT2D eigenvalue weighted by molar-refractivity contribution is 0.0941. The number of hydrogen-bond donors (Lipinski definition) is 2. The summed E-state index contributed by atoms with van der Waals surface area (Å²) in [4.78, 5) is 27.4. The zero-order chi connectivity index (χ0) is 16.1. The van der Waals surface area contributed by atoms with Crippen LogP contribution < -0.4 is 10.9 Å². The Balaban J connectivity index is 2.06. The van der Waals surface area contributed by atoms with Crippen LogP contribution in [0.1, 0.15) is 22.0 Å². The van der Waals surface area contributed by atoms with Crippen molar-refractivity contribution < 1.29 is 9.18 Å². The fourth-order valence-corrected chi connectivity index (χ4v) is 2.13. The summed E-state index contributed by atoms with van der Waals surface area (Å²) in [6.07, 6.45) is 1.38. The molecule has 1 atom stereocenters. The lowest BCUT2D eigenvalue weighted by Crippen LogP contribution is -2.34. The van der Waals surface area contributed by atoms with Crippen molar-refractivity contribution in [2.24, 2.45) is 0 Å². The minimum Gasteiger partial charge on any atom is -0.350 e. The van der Waals surface area contributed by atoms with Crippen molar-refractivity contribution >= 4 is 5.91 Å². The molecule has 0 spiro atoms. The highest BCUT2D eigenvalue weighted by Gasteiger charge is 2.16. The molecular weight excluding hydrogens is 285 g/mol. The molecule has 0 bridgehead atoms. The first-order valence-electron chi connectivity index (χ1n) is 6.86. The molecular formula is C16H18FN3O2. The van der Waals surface area contributed by atoms with Crippen LogP contribution in [0.5, 0.6) is 0 Å². The van der Waals surface area contributed by atoms with Crippen LogP contribution in [0.15, 0.2) is 47.4 Å². The van der Waals surface area contributed by atoms with Crippen molar-refractivity contribution in [3.8, 4) is 0 Å². The second kappa shape index (κ2) is 7.00. The molecule has 0 aliphatic carbocycles. The number of aromatic nitrogens is 1. The van der Waals surface area contributed by atoms with Gasteiger partial charge in [-0.2, -0.15) is 0 Å². The number of nitrogens with zero attached hydrogens (tertiary/aromatic N) is 1. The number of carbonyl (C=O) groups excluding carboxylic acids is 1. The van der Waals surface area contributed by atoms with E-state index in [0.717, 1.165) is 5.56 Å². The van der Waals surface area contributed by atoms with E-state index in [2.05, 4.69) is 10.3 Å². The highest BCUT2D eigenvalue weighted by atomic mass is 19.1. The number of carbonyl (C=O) groups is 1. The van der Waals surface area contributed by atoms with Crippen LogP contribution in [0, 0.1) is 5.82 Å². The zero-order valence-electron chi connectivity index (χ0n) is 12.5. The lowest BCUT2D eigenvalue weighted by Gasteiger charge is -2.25. The van der Waals surface area contributed by atoms with Crippen molar-refractivity contribution in [3.05, 3.63) is 69.9 Å². The van der Waals surface area contributed by atoms with Crippen molar-refractivity contribution in [1.29, 1.82) is 0 Å². The molecule has 2 aromatic rings. The number of H-pyrrole nitrogens is 1. The van der Waals surface area contributed by atoms with E-state index < -0.39 is 0 Å². The SMILES string of the molecule is CN(C)C(CNC(=O)c1ccc(=O)[nH]c1)c1ccc(F)cc1. The standard InChI is InChI=1S/C16H18FN3O2/c1-20(2)14(11-3-6-13(17)7-4-11)10-19-16(22)12-5-8-15(21)18-9-12/h3-9,14H,10H2,1-2H3,(H,18,21)(H,19,22). The quantitative estimate of drug-likeness (QED) is 0.881. The number of nitrogens with one attached hydrogen (secondary N) is 2. The summed E-state index contributed by atoms with van der Waals surface area (Å²) in [6.45, 7) is 0.372. The van der Waals surface area contributed by atoms with Crippen LogP contribution in [-0.4, -0.2) is 36.4 Å². The molecule has 0 saturated heterocycles. The van der Waals surface area contributed by atoms with Gasteiger partial charge in [-0.25, -0.2) is 4.39 Å². The molecule has 2 rings (SSSR count). The van der Waals surface area contributed by atoms with Crippen LogP contribution in [-0.2, 0) is 0 Å². The van der Waals surface area contributed by atoms with Crippen LogP contribution in [0.25, 0.3) is 0 Å². The van der Waals surface area contributed by atoms with E-state index in [-0.39, 0.29) is 23.3 Å². The molecule has 0 aliphatic heterocycles. The third-order valence-corrected chi connectivity index (χ3v) is 3.38. The van der Waals surface area contributed by atoms with Crippen molar-refractivity contribution in [3.63, 3.8) is 0 Å². The number of amides is 1. The Bertz CT molecular complexity index is 675. The van der Waals surface area contributed by atoms with Crippen LogP contribution in [0.3, 0.4) is 0 Å². The molecule has 6 heteroatoms. The third kappa shape index (κ3) is 4.02. The summed E-state index contributed by atoms with van der Waals surface area (Å²) in [7, 11) is 3.78. The van der Waals surface area contributed by atoms with Gasteiger partial charge in [0.2, 0.25) is 5.56 Å². The first kappa shape index (κ1) is 15.9. The molecule has 0 radical (unpaired) electrons. The summed E-state index contributed by atoms with van der Waals surface area (Å²) >= 11 is 0. The summed E-state index contributed by atoms with van der Waals surface area (Å²) < 4.78 is 13.0. The Morgan fingerprint density at radius 3 is 2.45 bits per heavy atom. The fraction of sp³-hybridized carbons (Fsp3) is 0.250. The number of aromatic amines is 1. The number of pyridine rings is 1. The average Bonchev–Trinajstić information content (AvgIpc) is 2.49. The summed E-state index contributed by atoms with van der Waals surface area (Å²) in [6, 6.07) is 8.89. The Labute approximate surface area is 127 Å². The van der Waals surface area contributed by atoms with Gasteiger partial charge in [0, 0.05) is 18.8 Å². The molecule has 2 N–H and O–H groups in total. The van der Waals surface area contributed by atoms with Gasteiger partial charge in [0.1, 0.15) is 5.82 Å². The van der Waals surface area contributed by atoms with Gasteiger partial charge in [-0.3, -0.25) is 9.59 Å². The van der Waals surface area contributed by atoms with Gasteiger partial charge in [-0.1, -0.05) is 12.1 Å². The zero-order valence-corrected chi connectivity index (χ0v) is 12.5. The normalized spacial score (nSPS) is 12.2. The highest BCUT2D eigenvalue weighted by Crippen LogP contribution is 2.17. The maximum Gasteiger partial charge on any atom is 0.252 e. The number of likely N-dealkylation sites (N-methyl/N-ethyl adjacent to an activating group) is 1. The summed E-state index contributed by atoms with van der Waals surface area (Å²) in [5.41, 5.74) is 1.04. The number of halogens is 1. The van der Waals surface area contributed by atoms with Crippen LogP contribution in [0.4, 0.5) is 4.39 Å². The van der Waals surface area contributed by atoms with E-state index in [1.807, 2.05) is 19.0 Å². The molecule has 1 unspecified atom stereocenters. The van der Waals surface area contributed by atoms with Crippen molar-refractivity contribution in [2.45, 2.75) is 6.04 Å². The Morgan fingerprint density at radius 2 is 1.91 bits per heavy atom. The average molecular weight is 303 g/mol. The fourth-order valence-electron chi connectivity index (χ4n) is 2.13. The summed E-state index contributed by atoms with van der Waals surface area (Å²) in [5.74, 6) is -0.566. The largest absolute Gasteiger partial charge is 0.350 e. The maximum absolute atomic E-state index is 13.0. The molecule has 116 valence electrons. The number of hydrogen-bond acceptors (Lipinski definition) is 3. The van der Waals surface area contributed by atoms with E-state index in [1.165, 1.54) is 30.5 Å². The number of benzene rings is 1. The highest BCUT2D eigenvalue weighted by molar-refractivity contribution is 5.93. The van der Waals surface area contributed by atoms with Gasteiger partial charge in [0.05, 0.1) is 11.6 Å². The molecule has 22 heavy (non-hydrogen) atoms. The van der Waals surface area contributed by atoms with E-state index >= 15 is 0 Å². The summed E-state index contributed by atoms with van der Waals surface area (Å²) in [5, 5.41) is 2.82. The smallest absolute Gasteiger partial charge is 0.252 e. The number of rotatable bonds is 5. The first-order valence-corrected chi connectivity index (χ1v) is 6.86. The second-order valence-electron chi connectivity index (χ2n) is 5.18. The predicted molar refractivity (Wildman–Crippen MR) is 82.2 cm³/mol. The van der Waals surface area contributed by atoms with Gasteiger partial charge >= 0.3 is 0 Å². The second-order valence-corrected chi connectivity index (χ2v) is 5.18. The van der Waals surface area contributed by atoms with Crippen molar-refractivity contribution in [1.82, 2.24) is 15.2 Å². The van der Waals surface area contributed by atoms with E-state index in [0.29, 0.717) is 12.1 Å². The third-order valence-electron chi connectivity index (χ3n) is 3.38. The topological polar surface area (TPSA) is 65.2 Å². The molecule has 1 heterocycles. The van der Waals surface area contributed by atoms with Crippen molar-refractivity contribution in [2.75, 3.05) is 20.6 Å². The Hall–Kier alpha value is -2.47. The first-order chi connectivity index (χ1) is 10.5. The predicted octanol–water partition coefficient (Wildman–Crippen LogP) is 1.55. The van der Waals surface area contributed by atoms with Gasteiger partial charge in [-0.15, -0.1) is 0 Å². The van der Waals surface area contributed by atoms with E-state index in [9.17, 15) is 14.0 Å². The van der Waals surface area contributed by atoms with E-state index in [4.69, 9.17) is 0 Å². The Morgan fingerprint density at radius 1 is 1.23 bits per heavy atom. The lowest BCUT2D eigenvalue weighted by atomic mass is 10.1. The molecule has 5 nitrogen and oxygen atoms in total. The molecule has 1 amide bonds. The van der Waals surface area contributed by atoms with Crippen LogP contribution in [0.2, 0.25) is 0 Å². The molecule has 0 aliphatic rings. The van der Waals surface area contributed by atoms with E-state index in [1.54, 1.807) is 12.1 Å². The Kier molecular flexibility index (Phi) is 5.06. The monoisotopic (exact) mass is 303 g/mol. The van der Waals surface area contributed by atoms with Gasteiger partial charge in [-0.05, 0) is 37.9 Å². The minimum absolute atomic E-state index is 0.0766. The molecule has 0 saturated carbocycles. The van der Waals surface area contributed by atoms with Gasteiger partial charge in [0.15, 0.2) is 0 Å². The van der Waals surface area contributed by atoms with Gasteiger partial charge < -0.3 is 15.2 Å². The molecule has 1 aromatic heterocycles. The molecule has 1 aromatic carbocycles.